The Balaban J connectivity index is 1.44. The van der Waals surface area contributed by atoms with Gasteiger partial charge in [-0.15, -0.1) is 0 Å². The van der Waals surface area contributed by atoms with E-state index in [1.165, 1.54) is 11.8 Å². The summed E-state index contributed by atoms with van der Waals surface area (Å²) in [6, 6.07) is 14.4. The molecule has 2 aromatic rings. The van der Waals surface area contributed by atoms with E-state index in [2.05, 4.69) is 17.4 Å². The summed E-state index contributed by atoms with van der Waals surface area (Å²) >= 11 is 0. The number of benzene rings is 2. The summed E-state index contributed by atoms with van der Waals surface area (Å²) in [5.74, 6) is -1.50. The minimum atomic E-state index is -1.07. The number of rotatable bonds is 8. The molecule has 1 saturated carbocycles. The standard InChI is InChI=1S/C25H28N2O5/c1-3-27(15(2)24(29)30)23(28)22(16-12-13-16)26-25(31)32-14-21-19-10-6-4-8-17(19)18-9-5-7-11-20(18)21/h4-11,15-16,21-22H,3,12-14H2,1-2H3,(H,26,31)(H,29,30). The van der Waals surface area contributed by atoms with Gasteiger partial charge in [0, 0.05) is 12.5 Å². The van der Waals surface area contributed by atoms with Crippen molar-refractivity contribution >= 4 is 18.0 Å². The summed E-state index contributed by atoms with van der Waals surface area (Å²) in [7, 11) is 0. The number of nitrogens with one attached hydrogen (secondary N) is 1. The maximum absolute atomic E-state index is 13.0. The van der Waals surface area contributed by atoms with Crippen molar-refractivity contribution in [2.45, 2.75) is 44.7 Å². The summed E-state index contributed by atoms with van der Waals surface area (Å²) < 4.78 is 5.58. The Morgan fingerprint density at radius 3 is 2.12 bits per heavy atom. The average Bonchev–Trinajstić information content (AvgIpc) is 3.59. The molecule has 32 heavy (non-hydrogen) atoms. The molecule has 2 unspecified atom stereocenters. The highest BCUT2D eigenvalue weighted by atomic mass is 16.5. The van der Waals surface area contributed by atoms with E-state index >= 15 is 0 Å². The second kappa shape index (κ2) is 9.02. The maximum atomic E-state index is 13.0. The van der Waals surface area contributed by atoms with Crippen LogP contribution in [0.25, 0.3) is 11.1 Å². The number of hydrogen-bond acceptors (Lipinski definition) is 4. The van der Waals surface area contributed by atoms with Gasteiger partial charge in [-0.25, -0.2) is 9.59 Å². The number of carboxylic acid groups (broad SMARTS) is 1. The molecule has 0 aromatic heterocycles. The van der Waals surface area contributed by atoms with Crippen LogP contribution in [0.4, 0.5) is 4.79 Å². The molecule has 2 aromatic carbocycles. The Bertz CT molecular complexity index is 987. The molecule has 7 nitrogen and oxygen atoms in total. The van der Waals surface area contributed by atoms with Crippen LogP contribution in [0.5, 0.6) is 0 Å². The van der Waals surface area contributed by atoms with Gasteiger partial charge in [0.15, 0.2) is 0 Å². The predicted octanol–water partition coefficient (Wildman–Crippen LogP) is 3.63. The number of alkyl carbamates (subject to hydrolysis) is 1. The summed E-state index contributed by atoms with van der Waals surface area (Å²) in [6.07, 6.45) is 0.981. The zero-order valence-corrected chi connectivity index (χ0v) is 18.3. The molecule has 168 valence electrons. The second-order valence-electron chi connectivity index (χ2n) is 8.42. The molecule has 0 saturated heterocycles. The van der Waals surface area contributed by atoms with Gasteiger partial charge in [-0.1, -0.05) is 48.5 Å². The lowest BCUT2D eigenvalue weighted by Crippen LogP contribution is -2.54. The molecule has 2 aliphatic rings. The van der Waals surface area contributed by atoms with Gasteiger partial charge in [-0.2, -0.15) is 0 Å². The van der Waals surface area contributed by atoms with Crippen LogP contribution in [0.15, 0.2) is 48.5 Å². The third-order valence-electron chi connectivity index (χ3n) is 6.43. The summed E-state index contributed by atoms with van der Waals surface area (Å²) in [4.78, 5) is 38.3. The van der Waals surface area contributed by atoms with Gasteiger partial charge in [0.2, 0.25) is 5.91 Å². The Morgan fingerprint density at radius 1 is 1.06 bits per heavy atom. The zero-order chi connectivity index (χ0) is 22.8. The van der Waals surface area contributed by atoms with E-state index in [9.17, 15) is 19.5 Å². The Labute approximate surface area is 187 Å². The number of hydrogen-bond donors (Lipinski definition) is 2. The Hall–Kier alpha value is -3.35. The van der Waals surface area contributed by atoms with Gasteiger partial charge >= 0.3 is 12.1 Å². The van der Waals surface area contributed by atoms with Crippen molar-refractivity contribution in [1.29, 1.82) is 0 Å². The first-order chi connectivity index (χ1) is 15.4. The number of ether oxygens (including phenoxy) is 1. The van der Waals surface area contributed by atoms with Gasteiger partial charge in [0.25, 0.3) is 0 Å². The normalized spacial score (nSPS) is 16.4. The van der Waals surface area contributed by atoms with Crippen molar-refractivity contribution < 1.29 is 24.2 Å². The first-order valence-corrected chi connectivity index (χ1v) is 11.1. The van der Waals surface area contributed by atoms with E-state index in [1.54, 1.807) is 6.92 Å². The van der Waals surface area contributed by atoms with Gasteiger partial charge < -0.3 is 20.1 Å². The molecule has 4 rings (SSSR count). The fourth-order valence-corrected chi connectivity index (χ4v) is 4.51. The fourth-order valence-electron chi connectivity index (χ4n) is 4.51. The van der Waals surface area contributed by atoms with Crippen LogP contribution in [0.2, 0.25) is 0 Å². The van der Waals surface area contributed by atoms with Gasteiger partial charge in [-0.05, 0) is 54.9 Å². The second-order valence-corrected chi connectivity index (χ2v) is 8.42. The van der Waals surface area contributed by atoms with Gasteiger partial charge in [0.05, 0.1) is 0 Å². The molecule has 7 heteroatoms. The third-order valence-corrected chi connectivity index (χ3v) is 6.43. The molecule has 2 N–H and O–H groups in total. The van der Waals surface area contributed by atoms with Gasteiger partial charge in [0.1, 0.15) is 18.7 Å². The lowest BCUT2D eigenvalue weighted by Gasteiger charge is -2.29. The molecular formula is C25H28N2O5. The van der Waals surface area contributed by atoms with Crippen molar-refractivity contribution in [1.82, 2.24) is 10.2 Å². The van der Waals surface area contributed by atoms with Crippen molar-refractivity contribution in [2.24, 2.45) is 5.92 Å². The number of fused-ring (bicyclic) bond motifs is 3. The van der Waals surface area contributed by atoms with Crippen molar-refractivity contribution in [3.05, 3.63) is 59.7 Å². The molecule has 0 heterocycles. The minimum absolute atomic E-state index is 0.0121. The van der Waals surface area contributed by atoms with E-state index in [4.69, 9.17) is 4.74 Å². The van der Waals surface area contributed by atoms with Crippen LogP contribution in [-0.4, -0.2) is 53.2 Å². The molecule has 2 amide bonds. The first-order valence-electron chi connectivity index (χ1n) is 11.1. The van der Waals surface area contributed by atoms with Crippen molar-refractivity contribution in [3.8, 4) is 11.1 Å². The Kier molecular flexibility index (Phi) is 6.17. The molecule has 0 aliphatic heterocycles. The highest BCUT2D eigenvalue weighted by Crippen LogP contribution is 2.44. The minimum Gasteiger partial charge on any atom is -0.480 e. The highest BCUT2D eigenvalue weighted by molar-refractivity contribution is 5.89. The van der Waals surface area contributed by atoms with Crippen LogP contribution in [-0.2, 0) is 14.3 Å². The smallest absolute Gasteiger partial charge is 0.407 e. The van der Waals surface area contributed by atoms with Crippen LogP contribution in [0.3, 0.4) is 0 Å². The number of carbonyl (C=O) groups is 3. The molecular weight excluding hydrogens is 408 g/mol. The summed E-state index contributed by atoms with van der Waals surface area (Å²) in [5.41, 5.74) is 4.52. The highest BCUT2D eigenvalue weighted by Gasteiger charge is 2.41. The number of nitrogens with zero attached hydrogens (tertiary/aromatic N) is 1. The van der Waals surface area contributed by atoms with Gasteiger partial charge in [-0.3, -0.25) is 4.79 Å². The largest absolute Gasteiger partial charge is 0.480 e. The van der Waals surface area contributed by atoms with E-state index in [1.807, 2.05) is 36.4 Å². The monoisotopic (exact) mass is 436 g/mol. The number of likely N-dealkylation sites (N-methyl/N-ethyl adjacent to an activating group) is 1. The lowest BCUT2D eigenvalue weighted by molar-refractivity contribution is -0.150. The molecule has 2 atom stereocenters. The third kappa shape index (κ3) is 4.20. The van der Waals surface area contributed by atoms with Crippen LogP contribution in [0.1, 0.15) is 43.7 Å². The average molecular weight is 437 g/mol. The molecule has 2 aliphatic carbocycles. The molecule has 0 radical (unpaired) electrons. The van der Waals surface area contributed by atoms with Crippen LogP contribution >= 0.6 is 0 Å². The fraction of sp³-hybridized carbons (Fsp3) is 0.400. The van der Waals surface area contributed by atoms with E-state index < -0.39 is 24.1 Å². The summed E-state index contributed by atoms with van der Waals surface area (Å²) in [5, 5.41) is 12.0. The molecule has 0 spiro atoms. The van der Waals surface area contributed by atoms with Crippen LogP contribution in [0, 0.1) is 5.92 Å². The SMILES string of the molecule is CCN(C(=O)C(NC(=O)OCC1c2ccccc2-c2ccccc21)C1CC1)C(C)C(=O)O. The number of aliphatic carboxylic acids is 1. The summed E-state index contributed by atoms with van der Waals surface area (Å²) in [6.45, 7) is 3.62. The topological polar surface area (TPSA) is 95.9 Å². The maximum Gasteiger partial charge on any atom is 0.407 e. The first kappa shape index (κ1) is 21.9. The Morgan fingerprint density at radius 2 is 1.62 bits per heavy atom. The van der Waals surface area contributed by atoms with E-state index in [-0.39, 0.29) is 30.9 Å². The quantitative estimate of drug-likeness (QED) is 0.659. The lowest BCUT2D eigenvalue weighted by atomic mass is 9.98. The van der Waals surface area contributed by atoms with Crippen LogP contribution < -0.4 is 5.32 Å². The number of amides is 2. The van der Waals surface area contributed by atoms with E-state index in [0.29, 0.717) is 0 Å². The molecule has 1 fully saturated rings. The number of carboxylic acids is 1. The predicted molar refractivity (Wildman–Crippen MR) is 119 cm³/mol. The molecule has 0 bridgehead atoms. The zero-order valence-electron chi connectivity index (χ0n) is 18.3. The van der Waals surface area contributed by atoms with Crippen molar-refractivity contribution in [3.63, 3.8) is 0 Å². The van der Waals surface area contributed by atoms with E-state index in [0.717, 1.165) is 35.1 Å². The number of carbonyl (C=O) groups excluding carboxylic acids is 2. The van der Waals surface area contributed by atoms with Crippen molar-refractivity contribution in [2.75, 3.05) is 13.2 Å².